The molecule has 0 aliphatic heterocycles. The van der Waals surface area contributed by atoms with Crippen molar-refractivity contribution in [2.75, 3.05) is 6.61 Å². The molecule has 6 nitrogen and oxygen atoms in total. The predicted molar refractivity (Wildman–Crippen MR) is 136 cm³/mol. The largest absolute Gasteiger partial charge is 0.481 e. The molecule has 5 rings (SSSR count). The maximum absolute atomic E-state index is 11.8. The van der Waals surface area contributed by atoms with Gasteiger partial charge in [0.1, 0.15) is 5.76 Å². The van der Waals surface area contributed by atoms with E-state index in [0.717, 1.165) is 49.8 Å². The zero-order valence-corrected chi connectivity index (χ0v) is 22.3. The van der Waals surface area contributed by atoms with E-state index in [2.05, 4.69) is 33.4 Å². The van der Waals surface area contributed by atoms with Crippen LogP contribution in [0.25, 0.3) is 0 Å². The number of rotatable bonds is 8. The van der Waals surface area contributed by atoms with Crippen molar-refractivity contribution in [3.63, 3.8) is 0 Å². The minimum Gasteiger partial charge on any atom is -0.481 e. The number of hydrogen-bond acceptors (Lipinski definition) is 5. The summed E-state index contributed by atoms with van der Waals surface area (Å²) in [5.41, 5.74) is 0.867. The van der Waals surface area contributed by atoms with Gasteiger partial charge in [-0.3, -0.25) is 4.79 Å². The standard InChI is InChI=1S/C30H44O6/c1-17-12-20(36-15-17)13-18(2)21-6-8-28(5)26-25(35)24(34)23(19(3)14-31)29(9-7-22(32)33)16-30(26,29)11-10-27(21,28)4/h12,15,18,21,23-26,31,34-35H,3,6-11,13-14,16H2,1-2,4-5H3,(H,32,33)/t18-,21-,23-,24+,25+,26+,27-,28+,29?,30?/m1/s1. The summed E-state index contributed by atoms with van der Waals surface area (Å²) in [6, 6.07) is 2.12. The third kappa shape index (κ3) is 3.29. The minimum absolute atomic E-state index is 0.00657. The summed E-state index contributed by atoms with van der Waals surface area (Å²) in [7, 11) is 0. The smallest absolute Gasteiger partial charge is 0.303 e. The first kappa shape index (κ1) is 26.0. The molecular formula is C30H44O6. The molecule has 10 atom stereocenters. The van der Waals surface area contributed by atoms with Crippen LogP contribution in [0.15, 0.2) is 28.9 Å². The van der Waals surface area contributed by atoms with Gasteiger partial charge in [0, 0.05) is 18.8 Å². The van der Waals surface area contributed by atoms with Gasteiger partial charge >= 0.3 is 5.97 Å². The summed E-state index contributed by atoms with van der Waals surface area (Å²) >= 11 is 0. The fourth-order valence-corrected chi connectivity index (χ4v) is 10.4. The van der Waals surface area contributed by atoms with Crippen LogP contribution in [0, 0.1) is 52.3 Å². The molecule has 4 fully saturated rings. The highest BCUT2D eigenvalue weighted by atomic mass is 16.4. The van der Waals surface area contributed by atoms with Crippen LogP contribution in [0.5, 0.6) is 0 Å². The molecule has 0 radical (unpaired) electrons. The molecule has 4 aliphatic carbocycles. The number of aliphatic hydroxyl groups is 3. The number of aliphatic carboxylic acids is 1. The van der Waals surface area contributed by atoms with E-state index < -0.39 is 29.5 Å². The van der Waals surface area contributed by atoms with Crippen molar-refractivity contribution in [1.82, 2.24) is 0 Å². The molecular weight excluding hydrogens is 456 g/mol. The van der Waals surface area contributed by atoms with Crippen LogP contribution in [0.2, 0.25) is 0 Å². The SMILES string of the molecule is C=C(CO)[C@@H]1[C@H](O)[C@H](O)[C@@H]2C3(CC[C@]4(C)[C@@H]([C@H](C)Cc5cc(C)co5)CC[C@@]24C)CC13CCC(=O)O. The zero-order valence-electron chi connectivity index (χ0n) is 22.3. The molecule has 0 bridgehead atoms. The Hall–Kier alpha value is -1.63. The lowest BCUT2D eigenvalue weighted by Crippen LogP contribution is -2.63. The summed E-state index contributed by atoms with van der Waals surface area (Å²) in [5, 5.41) is 42.8. The number of aryl methyl sites for hydroxylation is 1. The normalized spacial score (nSPS) is 45.9. The third-order valence-electron chi connectivity index (χ3n) is 12.0. The Morgan fingerprint density at radius 2 is 1.92 bits per heavy atom. The maximum Gasteiger partial charge on any atom is 0.303 e. The molecule has 1 spiro atoms. The highest BCUT2D eigenvalue weighted by molar-refractivity contribution is 5.67. The quantitative estimate of drug-likeness (QED) is 0.384. The van der Waals surface area contributed by atoms with Gasteiger partial charge in [-0.15, -0.1) is 0 Å². The van der Waals surface area contributed by atoms with E-state index >= 15 is 0 Å². The van der Waals surface area contributed by atoms with Crippen LogP contribution in [0.4, 0.5) is 0 Å². The molecule has 0 aromatic carbocycles. The second kappa shape index (κ2) is 8.44. The van der Waals surface area contributed by atoms with E-state index in [1.807, 2.05) is 13.2 Å². The fraction of sp³-hybridized carbons (Fsp3) is 0.767. The van der Waals surface area contributed by atoms with Crippen molar-refractivity contribution < 1.29 is 29.6 Å². The molecule has 4 saturated carbocycles. The molecule has 6 heteroatoms. The predicted octanol–water partition coefficient (Wildman–Crippen LogP) is 4.74. The lowest BCUT2D eigenvalue weighted by Gasteiger charge is -2.63. The Morgan fingerprint density at radius 1 is 1.19 bits per heavy atom. The Kier molecular flexibility index (Phi) is 6.09. The first-order valence-electron chi connectivity index (χ1n) is 13.8. The van der Waals surface area contributed by atoms with E-state index in [1.54, 1.807) is 0 Å². The van der Waals surface area contributed by atoms with Gasteiger partial charge in [0.05, 0.1) is 25.1 Å². The highest BCUT2D eigenvalue weighted by Gasteiger charge is 2.83. The molecule has 4 aliphatic rings. The van der Waals surface area contributed by atoms with Crippen molar-refractivity contribution in [2.24, 2.45) is 45.3 Å². The number of fused-ring (bicyclic) bond motifs is 2. The van der Waals surface area contributed by atoms with Crippen molar-refractivity contribution in [1.29, 1.82) is 0 Å². The Bertz CT molecular complexity index is 1050. The summed E-state index contributed by atoms with van der Waals surface area (Å²) in [6.45, 7) is 12.9. The van der Waals surface area contributed by atoms with E-state index in [-0.39, 0.29) is 35.2 Å². The monoisotopic (exact) mass is 500 g/mol. The van der Waals surface area contributed by atoms with Crippen LogP contribution in [-0.4, -0.2) is 45.2 Å². The molecule has 1 aromatic heterocycles. The van der Waals surface area contributed by atoms with E-state index in [1.165, 1.54) is 0 Å². The van der Waals surface area contributed by atoms with Crippen molar-refractivity contribution in [3.05, 3.63) is 35.8 Å². The van der Waals surface area contributed by atoms with Gasteiger partial charge in [0.25, 0.3) is 0 Å². The summed E-state index contributed by atoms with van der Waals surface area (Å²) in [6.07, 6.45) is 6.07. The average Bonchev–Trinajstić information content (AvgIpc) is 3.11. The van der Waals surface area contributed by atoms with E-state index in [4.69, 9.17) is 4.42 Å². The third-order valence-corrected chi connectivity index (χ3v) is 12.0. The zero-order chi connectivity index (χ0) is 26.3. The van der Waals surface area contributed by atoms with Crippen LogP contribution in [-0.2, 0) is 11.2 Å². The molecule has 200 valence electrons. The Balaban J connectivity index is 1.50. The van der Waals surface area contributed by atoms with Gasteiger partial charge < -0.3 is 24.8 Å². The van der Waals surface area contributed by atoms with Crippen molar-refractivity contribution in [3.8, 4) is 0 Å². The van der Waals surface area contributed by atoms with Gasteiger partial charge in [0.2, 0.25) is 0 Å². The van der Waals surface area contributed by atoms with Crippen LogP contribution >= 0.6 is 0 Å². The molecule has 1 aromatic rings. The summed E-state index contributed by atoms with van der Waals surface area (Å²) in [5.74, 6) is 0.522. The number of carbonyl (C=O) groups is 1. The van der Waals surface area contributed by atoms with E-state index in [0.29, 0.717) is 23.8 Å². The molecule has 1 heterocycles. The second-order valence-corrected chi connectivity index (χ2v) is 13.4. The Morgan fingerprint density at radius 3 is 2.53 bits per heavy atom. The van der Waals surface area contributed by atoms with Gasteiger partial charge in [-0.1, -0.05) is 27.4 Å². The lowest BCUT2D eigenvalue weighted by atomic mass is 9.42. The molecule has 0 amide bonds. The van der Waals surface area contributed by atoms with Gasteiger partial charge in [0.15, 0.2) is 0 Å². The summed E-state index contributed by atoms with van der Waals surface area (Å²) < 4.78 is 5.78. The number of hydrogen-bond donors (Lipinski definition) is 4. The first-order chi connectivity index (χ1) is 16.9. The fourth-order valence-electron chi connectivity index (χ4n) is 10.4. The first-order valence-corrected chi connectivity index (χ1v) is 13.8. The van der Waals surface area contributed by atoms with E-state index in [9.17, 15) is 25.2 Å². The number of aliphatic hydroxyl groups excluding tert-OH is 3. The minimum atomic E-state index is -1.04. The Labute approximate surface area is 214 Å². The maximum atomic E-state index is 11.8. The average molecular weight is 501 g/mol. The molecule has 2 unspecified atom stereocenters. The number of furan rings is 1. The summed E-state index contributed by atoms with van der Waals surface area (Å²) in [4.78, 5) is 11.6. The van der Waals surface area contributed by atoms with Gasteiger partial charge in [-0.25, -0.2) is 0 Å². The number of carboxylic acid groups (broad SMARTS) is 1. The van der Waals surface area contributed by atoms with Crippen LogP contribution in [0.1, 0.15) is 77.0 Å². The molecule has 36 heavy (non-hydrogen) atoms. The second-order valence-electron chi connectivity index (χ2n) is 13.4. The molecule has 0 saturated heterocycles. The van der Waals surface area contributed by atoms with Gasteiger partial charge in [-0.05, 0) is 102 Å². The molecule has 4 N–H and O–H groups in total. The highest BCUT2D eigenvalue weighted by Crippen LogP contribution is 2.87. The lowest BCUT2D eigenvalue weighted by molar-refractivity contribution is -0.205. The van der Waals surface area contributed by atoms with Crippen LogP contribution in [0.3, 0.4) is 0 Å². The van der Waals surface area contributed by atoms with Gasteiger partial charge in [-0.2, -0.15) is 0 Å². The number of carboxylic acids is 1. The van der Waals surface area contributed by atoms with Crippen molar-refractivity contribution in [2.45, 2.75) is 91.3 Å². The topological polar surface area (TPSA) is 111 Å². The van der Waals surface area contributed by atoms with Crippen LogP contribution < -0.4 is 0 Å². The van der Waals surface area contributed by atoms with Crippen molar-refractivity contribution >= 4 is 5.97 Å².